The third-order valence-corrected chi connectivity index (χ3v) is 2.56. The molecule has 0 radical (unpaired) electrons. The van der Waals surface area contributed by atoms with Gasteiger partial charge in [-0.25, -0.2) is 13.8 Å². The Morgan fingerprint density at radius 3 is 2.67 bits per heavy atom. The van der Waals surface area contributed by atoms with Gasteiger partial charge in [-0.3, -0.25) is 4.79 Å². The molecule has 0 bridgehead atoms. The molecule has 0 aliphatic heterocycles. The zero-order chi connectivity index (χ0) is 11.6. The van der Waals surface area contributed by atoms with E-state index in [1.54, 1.807) is 22.6 Å². The summed E-state index contributed by atoms with van der Waals surface area (Å²) in [6.45, 7) is 0. The van der Waals surface area contributed by atoms with Gasteiger partial charge in [-0.2, -0.15) is 0 Å². The van der Waals surface area contributed by atoms with Gasteiger partial charge in [0.05, 0.1) is 18.2 Å². The highest BCUT2D eigenvalue weighted by atomic mass is 127. The summed E-state index contributed by atoms with van der Waals surface area (Å²) in [5.74, 6) is -1.80. The van der Waals surface area contributed by atoms with Gasteiger partial charge in [-0.1, -0.05) is 0 Å². The number of carbonyl (C=O) groups is 1. The van der Waals surface area contributed by atoms with Crippen LogP contribution in [0, 0.1) is 3.70 Å². The fourth-order valence-corrected chi connectivity index (χ4v) is 1.79. The van der Waals surface area contributed by atoms with Crippen molar-refractivity contribution in [3.05, 3.63) is 21.0 Å². The monoisotopic (exact) mass is 329 g/mol. The Hall–Kier alpha value is -0.990. The number of aromatic nitrogens is 1. The Morgan fingerprint density at radius 2 is 2.20 bits per heavy atom. The van der Waals surface area contributed by atoms with Crippen LogP contribution < -0.4 is 0 Å². The first-order valence-corrected chi connectivity index (χ1v) is 4.87. The second kappa shape index (κ2) is 4.69. The van der Waals surface area contributed by atoms with E-state index >= 15 is 0 Å². The Kier molecular flexibility index (Phi) is 3.77. The first kappa shape index (κ1) is 12.1. The smallest absolute Gasteiger partial charge is 0.307 e. The van der Waals surface area contributed by atoms with Crippen molar-refractivity contribution in [1.29, 1.82) is 0 Å². The minimum absolute atomic E-state index is 0.00310. The molecular weight excluding hydrogens is 323 g/mol. The lowest BCUT2D eigenvalue weighted by Gasteiger charge is -2.10. The first-order chi connectivity index (χ1) is 6.93. The average Bonchev–Trinajstić information content (AvgIpc) is 2.10. The molecule has 1 aromatic heterocycles. The summed E-state index contributed by atoms with van der Waals surface area (Å²) in [5, 5.41) is 17.8. The fraction of sp³-hybridized carbons (Fsp3) is 0.250. The summed E-state index contributed by atoms with van der Waals surface area (Å²) in [4.78, 5) is 14.0. The molecule has 0 saturated carbocycles. The van der Waals surface area contributed by atoms with Crippen LogP contribution in [0.5, 0.6) is 5.75 Å². The van der Waals surface area contributed by atoms with Crippen molar-refractivity contribution in [2.45, 2.75) is 12.8 Å². The maximum Gasteiger partial charge on any atom is 0.307 e. The van der Waals surface area contributed by atoms with Gasteiger partial charge in [-0.15, -0.1) is 0 Å². The van der Waals surface area contributed by atoms with E-state index < -0.39 is 30.1 Å². The van der Waals surface area contributed by atoms with Crippen LogP contribution in [-0.4, -0.2) is 21.2 Å². The van der Waals surface area contributed by atoms with Gasteiger partial charge >= 0.3 is 5.97 Å². The number of hydrogen-bond acceptors (Lipinski definition) is 3. The van der Waals surface area contributed by atoms with Crippen LogP contribution in [0.25, 0.3) is 0 Å². The summed E-state index contributed by atoms with van der Waals surface area (Å²) in [6, 6.07) is 0. The number of pyridine rings is 1. The second-order valence-corrected chi connectivity index (χ2v) is 3.72. The highest BCUT2D eigenvalue weighted by Gasteiger charge is 2.22. The van der Waals surface area contributed by atoms with Gasteiger partial charge in [0.15, 0.2) is 0 Å². The van der Waals surface area contributed by atoms with E-state index in [2.05, 4.69) is 4.98 Å². The van der Waals surface area contributed by atoms with Gasteiger partial charge < -0.3 is 10.2 Å². The third kappa shape index (κ3) is 2.74. The quantitative estimate of drug-likeness (QED) is 0.657. The Labute approximate surface area is 97.1 Å². The van der Waals surface area contributed by atoms with Crippen molar-refractivity contribution in [1.82, 2.24) is 4.98 Å². The van der Waals surface area contributed by atoms with Crippen molar-refractivity contribution >= 4 is 28.6 Å². The predicted molar refractivity (Wildman–Crippen MR) is 54.9 cm³/mol. The van der Waals surface area contributed by atoms with Gasteiger partial charge in [-0.05, 0) is 22.6 Å². The Balaban J connectivity index is 3.31. The molecular formula is C8H6F2INO3. The molecule has 1 heterocycles. The molecule has 2 N–H and O–H groups in total. The lowest BCUT2D eigenvalue weighted by atomic mass is 10.1. The van der Waals surface area contributed by atoms with Crippen molar-refractivity contribution in [3.63, 3.8) is 0 Å². The predicted octanol–water partition coefficient (Wildman–Crippen LogP) is 1.96. The average molecular weight is 329 g/mol. The normalized spacial score (nSPS) is 10.7. The molecule has 82 valence electrons. The van der Waals surface area contributed by atoms with E-state index in [1.165, 1.54) is 0 Å². The van der Waals surface area contributed by atoms with Gasteiger partial charge in [0.2, 0.25) is 0 Å². The molecule has 0 aromatic carbocycles. The molecule has 0 saturated heterocycles. The Morgan fingerprint density at radius 1 is 1.60 bits per heavy atom. The van der Waals surface area contributed by atoms with E-state index in [-0.39, 0.29) is 9.26 Å². The van der Waals surface area contributed by atoms with Crippen LogP contribution in [0.15, 0.2) is 6.20 Å². The van der Waals surface area contributed by atoms with E-state index in [0.717, 1.165) is 6.20 Å². The molecule has 0 atom stereocenters. The van der Waals surface area contributed by atoms with Crippen molar-refractivity contribution < 1.29 is 23.8 Å². The number of carboxylic acid groups (broad SMARTS) is 1. The molecule has 0 spiro atoms. The standard InChI is InChI=1S/C8H6F2INO3/c9-7(10)6-3(1-5(14)15)4(13)2-12-8(6)11/h2,7,13H,1H2,(H,14,15). The van der Waals surface area contributed by atoms with E-state index in [1.807, 2.05) is 0 Å². The topological polar surface area (TPSA) is 70.4 Å². The number of alkyl halides is 2. The summed E-state index contributed by atoms with van der Waals surface area (Å²) < 4.78 is 25.1. The number of aliphatic carboxylic acids is 1. The molecule has 0 aliphatic carbocycles. The summed E-state index contributed by atoms with van der Waals surface area (Å²) in [6.07, 6.45) is -2.54. The van der Waals surface area contributed by atoms with Crippen LogP contribution >= 0.6 is 22.6 Å². The molecule has 7 heteroatoms. The van der Waals surface area contributed by atoms with Gasteiger partial charge in [0.25, 0.3) is 6.43 Å². The van der Waals surface area contributed by atoms with Gasteiger partial charge in [0, 0.05) is 5.56 Å². The number of hydrogen-bond donors (Lipinski definition) is 2. The van der Waals surface area contributed by atoms with Crippen LogP contribution in [0.1, 0.15) is 17.6 Å². The summed E-state index contributed by atoms with van der Waals surface area (Å²) in [7, 11) is 0. The van der Waals surface area contributed by atoms with Crippen LogP contribution in [0.3, 0.4) is 0 Å². The maximum atomic E-state index is 12.6. The van der Waals surface area contributed by atoms with E-state index in [0.29, 0.717) is 0 Å². The largest absolute Gasteiger partial charge is 0.506 e. The molecule has 0 amide bonds. The van der Waals surface area contributed by atoms with Crippen LogP contribution in [-0.2, 0) is 11.2 Å². The molecule has 15 heavy (non-hydrogen) atoms. The molecule has 1 rings (SSSR count). The number of halogens is 3. The van der Waals surface area contributed by atoms with E-state index in [4.69, 9.17) is 5.11 Å². The minimum atomic E-state index is -2.86. The van der Waals surface area contributed by atoms with Gasteiger partial charge in [0.1, 0.15) is 9.45 Å². The maximum absolute atomic E-state index is 12.6. The molecule has 0 unspecified atom stereocenters. The highest BCUT2D eigenvalue weighted by Crippen LogP contribution is 2.32. The third-order valence-electron chi connectivity index (χ3n) is 1.70. The van der Waals surface area contributed by atoms with Crippen LogP contribution in [0.4, 0.5) is 8.78 Å². The SMILES string of the molecule is O=C(O)Cc1c(O)cnc(I)c1C(F)F. The zero-order valence-electron chi connectivity index (χ0n) is 7.25. The zero-order valence-corrected chi connectivity index (χ0v) is 9.40. The lowest BCUT2D eigenvalue weighted by Crippen LogP contribution is -2.07. The minimum Gasteiger partial charge on any atom is -0.506 e. The molecule has 1 aromatic rings. The van der Waals surface area contributed by atoms with Crippen molar-refractivity contribution in [3.8, 4) is 5.75 Å². The molecule has 0 aliphatic rings. The summed E-state index contributed by atoms with van der Waals surface area (Å²) >= 11 is 1.57. The summed E-state index contributed by atoms with van der Waals surface area (Å²) in [5.41, 5.74) is -0.796. The number of rotatable bonds is 3. The number of aromatic hydroxyl groups is 1. The molecule has 0 fully saturated rings. The van der Waals surface area contributed by atoms with Crippen molar-refractivity contribution in [2.75, 3.05) is 0 Å². The molecule has 4 nitrogen and oxygen atoms in total. The number of carboxylic acids is 1. The second-order valence-electron chi connectivity index (χ2n) is 2.70. The lowest BCUT2D eigenvalue weighted by molar-refractivity contribution is -0.136. The highest BCUT2D eigenvalue weighted by molar-refractivity contribution is 14.1. The number of nitrogens with zero attached hydrogens (tertiary/aromatic N) is 1. The Bertz CT molecular complexity index is 398. The van der Waals surface area contributed by atoms with Crippen LogP contribution in [0.2, 0.25) is 0 Å². The van der Waals surface area contributed by atoms with E-state index in [9.17, 15) is 18.7 Å². The van der Waals surface area contributed by atoms with Crippen molar-refractivity contribution in [2.24, 2.45) is 0 Å². The first-order valence-electron chi connectivity index (χ1n) is 3.79. The fourth-order valence-electron chi connectivity index (χ4n) is 1.09.